The first-order chi connectivity index (χ1) is 13.5. The van der Waals surface area contributed by atoms with E-state index in [4.69, 9.17) is 4.74 Å². The summed E-state index contributed by atoms with van der Waals surface area (Å²) in [5, 5.41) is 20.7. The molecule has 1 N–H and O–H groups in total. The van der Waals surface area contributed by atoms with Crippen molar-refractivity contribution in [2.75, 3.05) is 18.1 Å². The van der Waals surface area contributed by atoms with Gasteiger partial charge in [0.2, 0.25) is 0 Å². The van der Waals surface area contributed by atoms with E-state index in [1.54, 1.807) is 6.07 Å². The van der Waals surface area contributed by atoms with Crippen molar-refractivity contribution in [2.45, 2.75) is 0 Å². The molecule has 0 radical (unpaired) electrons. The van der Waals surface area contributed by atoms with Crippen LogP contribution in [0.3, 0.4) is 0 Å². The number of hydrogen-bond donors (Lipinski definition) is 1. The SMILES string of the molecule is O=C1c2ccc(-c3ccccc3)cc2OCCN1c1ccc(O)c([N+](=O)[O-])c1. The van der Waals surface area contributed by atoms with E-state index in [0.717, 1.165) is 11.1 Å². The summed E-state index contributed by atoms with van der Waals surface area (Å²) in [7, 11) is 0. The standard InChI is InChI=1S/C21H16N2O5/c24-19-9-7-16(13-18(19)23(26)27)22-10-11-28-20-12-15(6-8-17(20)21(22)25)14-4-2-1-3-5-14/h1-9,12-13,24H,10-11H2. The van der Waals surface area contributed by atoms with Crippen molar-refractivity contribution in [1.29, 1.82) is 0 Å². The van der Waals surface area contributed by atoms with Gasteiger partial charge in [0.25, 0.3) is 5.91 Å². The third-order valence-electron chi connectivity index (χ3n) is 4.60. The zero-order valence-corrected chi connectivity index (χ0v) is 14.7. The summed E-state index contributed by atoms with van der Waals surface area (Å²) < 4.78 is 5.79. The van der Waals surface area contributed by atoms with Crippen molar-refractivity contribution in [3.05, 3.63) is 82.4 Å². The summed E-state index contributed by atoms with van der Waals surface area (Å²) in [6, 6.07) is 19.0. The number of aromatic hydroxyl groups is 1. The molecule has 1 amide bonds. The molecule has 0 aromatic heterocycles. The molecule has 0 saturated carbocycles. The van der Waals surface area contributed by atoms with E-state index in [9.17, 15) is 20.0 Å². The fraction of sp³-hybridized carbons (Fsp3) is 0.0952. The number of phenols is 1. The van der Waals surface area contributed by atoms with Crippen molar-refractivity contribution in [1.82, 2.24) is 0 Å². The molecule has 7 heteroatoms. The average Bonchev–Trinajstić information content (AvgIpc) is 2.87. The molecule has 0 saturated heterocycles. The van der Waals surface area contributed by atoms with E-state index in [0.29, 0.717) is 17.0 Å². The van der Waals surface area contributed by atoms with Crippen molar-refractivity contribution in [3.63, 3.8) is 0 Å². The fourth-order valence-corrected chi connectivity index (χ4v) is 3.19. The summed E-state index contributed by atoms with van der Waals surface area (Å²) in [6.07, 6.45) is 0. The van der Waals surface area contributed by atoms with Gasteiger partial charge in [-0.05, 0) is 35.4 Å². The van der Waals surface area contributed by atoms with Crippen LogP contribution in [0.15, 0.2) is 66.7 Å². The van der Waals surface area contributed by atoms with Gasteiger partial charge in [0.1, 0.15) is 12.4 Å². The fourth-order valence-electron chi connectivity index (χ4n) is 3.19. The van der Waals surface area contributed by atoms with Crippen molar-refractivity contribution < 1.29 is 19.6 Å². The van der Waals surface area contributed by atoms with Gasteiger partial charge in [0.05, 0.1) is 22.7 Å². The zero-order chi connectivity index (χ0) is 19.7. The van der Waals surface area contributed by atoms with Crippen LogP contribution < -0.4 is 9.64 Å². The maximum Gasteiger partial charge on any atom is 0.312 e. The minimum absolute atomic E-state index is 0.232. The number of nitro benzene ring substituents is 1. The number of phenolic OH excluding ortho intramolecular Hbond substituents is 1. The topological polar surface area (TPSA) is 92.9 Å². The molecule has 1 aliphatic rings. The Balaban J connectivity index is 1.71. The molecule has 1 heterocycles. The number of carbonyl (C=O) groups excluding carboxylic acids is 1. The predicted molar refractivity (Wildman–Crippen MR) is 104 cm³/mol. The molecule has 28 heavy (non-hydrogen) atoms. The number of carbonyl (C=O) groups is 1. The lowest BCUT2D eigenvalue weighted by molar-refractivity contribution is -0.385. The van der Waals surface area contributed by atoms with Gasteiger partial charge in [-0.1, -0.05) is 36.4 Å². The molecule has 0 spiro atoms. The lowest BCUT2D eigenvalue weighted by Crippen LogP contribution is -2.32. The molecule has 0 unspecified atom stereocenters. The van der Waals surface area contributed by atoms with Gasteiger partial charge in [0.15, 0.2) is 5.75 Å². The van der Waals surface area contributed by atoms with Crippen LogP contribution in [0.5, 0.6) is 11.5 Å². The Hall–Kier alpha value is -3.87. The maximum atomic E-state index is 13.1. The van der Waals surface area contributed by atoms with Crippen LogP contribution in [0.2, 0.25) is 0 Å². The van der Waals surface area contributed by atoms with E-state index in [1.165, 1.54) is 23.1 Å². The van der Waals surface area contributed by atoms with E-state index >= 15 is 0 Å². The Bertz CT molecular complexity index is 1070. The van der Waals surface area contributed by atoms with Crippen molar-refractivity contribution in [3.8, 4) is 22.6 Å². The number of ether oxygens (including phenoxy) is 1. The van der Waals surface area contributed by atoms with E-state index < -0.39 is 16.4 Å². The van der Waals surface area contributed by atoms with Crippen molar-refractivity contribution >= 4 is 17.3 Å². The molecule has 3 aromatic carbocycles. The predicted octanol–water partition coefficient (Wildman–Crippen LogP) is 4.01. The normalized spacial score (nSPS) is 13.4. The molecule has 4 rings (SSSR count). The molecular weight excluding hydrogens is 360 g/mol. The molecule has 0 bridgehead atoms. The Labute approximate surface area is 160 Å². The maximum absolute atomic E-state index is 13.1. The first kappa shape index (κ1) is 17.5. The second-order valence-electron chi connectivity index (χ2n) is 6.31. The molecule has 0 atom stereocenters. The van der Waals surface area contributed by atoms with Crippen LogP contribution in [-0.2, 0) is 0 Å². The molecule has 7 nitrogen and oxygen atoms in total. The number of anilines is 1. The minimum Gasteiger partial charge on any atom is -0.502 e. The Morgan fingerprint density at radius 1 is 1.00 bits per heavy atom. The highest BCUT2D eigenvalue weighted by Crippen LogP contribution is 2.34. The van der Waals surface area contributed by atoms with E-state index in [-0.39, 0.29) is 19.1 Å². The Kier molecular flexibility index (Phi) is 4.41. The third kappa shape index (κ3) is 3.14. The summed E-state index contributed by atoms with van der Waals surface area (Å²) in [4.78, 5) is 24.9. The Morgan fingerprint density at radius 2 is 1.79 bits per heavy atom. The molecule has 3 aromatic rings. The number of benzene rings is 3. The Morgan fingerprint density at radius 3 is 2.54 bits per heavy atom. The molecule has 0 fully saturated rings. The quantitative estimate of drug-likeness (QED) is 0.551. The van der Waals surface area contributed by atoms with Crippen molar-refractivity contribution in [2.24, 2.45) is 0 Å². The summed E-state index contributed by atoms with van der Waals surface area (Å²) >= 11 is 0. The zero-order valence-electron chi connectivity index (χ0n) is 14.7. The highest BCUT2D eigenvalue weighted by molar-refractivity contribution is 6.08. The van der Waals surface area contributed by atoms with E-state index in [2.05, 4.69) is 0 Å². The number of nitro groups is 1. The first-order valence-corrected chi connectivity index (χ1v) is 8.66. The lowest BCUT2D eigenvalue weighted by atomic mass is 10.0. The monoisotopic (exact) mass is 376 g/mol. The highest BCUT2D eigenvalue weighted by atomic mass is 16.6. The van der Waals surface area contributed by atoms with Gasteiger partial charge in [0, 0.05) is 6.07 Å². The third-order valence-corrected chi connectivity index (χ3v) is 4.60. The average molecular weight is 376 g/mol. The number of fused-ring (bicyclic) bond motifs is 1. The largest absolute Gasteiger partial charge is 0.502 e. The second kappa shape index (κ2) is 7.03. The molecular formula is C21H16N2O5. The number of hydrogen-bond acceptors (Lipinski definition) is 5. The van der Waals surface area contributed by atoms with Gasteiger partial charge < -0.3 is 14.7 Å². The summed E-state index contributed by atoms with van der Waals surface area (Å²) in [5.41, 5.74) is 2.21. The number of amides is 1. The smallest absolute Gasteiger partial charge is 0.312 e. The molecule has 1 aliphatic heterocycles. The van der Waals surface area contributed by atoms with Crippen LogP contribution in [0.1, 0.15) is 10.4 Å². The van der Waals surface area contributed by atoms with Gasteiger partial charge in [-0.25, -0.2) is 0 Å². The van der Waals surface area contributed by atoms with Crippen LogP contribution in [-0.4, -0.2) is 29.1 Å². The summed E-state index contributed by atoms with van der Waals surface area (Å²) in [6.45, 7) is 0.474. The number of rotatable bonds is 3. The van der Waals surface area contributed by atoms with Gasteiger partial charge >= 0.3 is 5.69 Å². The first-order valence-electron chi connectivity index (χ1n) is 8.66. The minimum atomic E-state index is -0.683. The number of nitrogens with zero attached hydrogens (tertiary/aromatic N) is 2. The van der Waals surface area contributed by atoms with Gasteiger partial charge in [-0.2, -0.15) is 0 Å². The lowest BCUT2D eigenvalue weighted by Gasteiger charge is -2.20. The van der Waals surface area contributed by atoms with Gasteiger partial charge in [-0.3, -0.25) is 14.9 Å². The molecule has 0 aliphatic carbocycles. The van der Waals surface area contributed by atoms with Crippen LogP contribution in [0.4, 0.5) is 11.4 Å². The van der Waals surface area contributed by atoms with Crippen LogP contribution in [0.25, 0.3) is 11.1 Å². The van der Waals surface area contributed by atoms with E-state index in [1.807, 2.05) is 42.5 Å². The summed E-state index contributed by atoms with van der Waals surface area (Å²) in [5.74, 6) is -0.283. The molecule has 140 valence electrons. The van der Waals surface area contributed by atoms with Crippen LogP contribution >= 0.6 is 0 Å². The van der Waals surface area contributed by atoms with Crippen LogP contribution in [0, 0.1) is 10.1 Å². The highest BCUT2D eigenvalue weighted by Gasteiger charge is 2.27. The second-order valence-corrected chi connectivity index (χ2v) is 6.31. The van der Waals surface area contributed by atoms with Gasteiger partial charge in [-0.15, -0.1) is 0 Å².